The Morgan fingerprint density at radius 1 is 1.22 bits per heavy atom. The highest BCUT2D eigenvalue weighted by molar-refractivity contribution is 5.92. The number of benzene rings is 1. The summed E-state index contributed by atoms with van der Waals surface area (Å²) in [6, 6.07) is 8.83. The molecule has 0 heterocycles. The first-order valence-electron chi connectivity index (χ1n) is 5.80. The molecular formula is C13H19N3O2. The summed E-state index contributed by atoms with van der Waals surface area (Å²) in [5.41, 5.74) is 0.746. The van der Waals surface area contributed by atoms with Gasteiger partial charge in [0.1, 0.15) is 0 Å². The maximum Gasteiger partial charge on any atom is 0.238 e. The Hall–Kier alpha value is -1.88. The van der Waals surface area contributed by atoms with Gasteiger partial charge in [0.15, 0.2) is 0 Å². The molecule has 2 amide bonds. The molecule has 18 heavy (non-hydrogen) atoms. The highest BCUT2D eigenvalue weighted by Crippen LogP contribution is 2.04. The van der Waals surface area contributed by atoms with Crippen LogP contribution in [0.3, 0.4) is 0 Å². The number of carbonyl (C=O) groups is 2. The minimum absolute atomic E-state index is 0.0532. The second-order valence-corrected chi connectivity index (χ2v) is 4.25. The Balaban J connectivity index is 2.36. The molecule has 0 aliphatic carbocycles. The van der Waals surface area contributed by atoms with Gasteiger partial charge in [0, 0.05) is 19.8 Å². The third kappa shape index (κ3) is 4.55. The second-order valence-electron chi connectivity index (χ2n) is 4.25. The van der Waals surface area contributed by atoms with Gasteiger partial charge in [0.2, 0.25) is 11.8 Å². The van der Waals surface area contributed by atoms with Gasteiger partial charge in [-0.2, -0.15) is 0 Å². The van der Waals surface area contributed by atoms with Gasteiger partial charge in [-0.3, -0.25) is 14.9 Å². The van der Waals surface area contributed by atoms with Crippen molar-refractivity contribution in [2.75, 3.05) is 26.0 Å². The zero-order valence-electron chi connectivity index (χ0n) is 10.9. The second kappa shape index (κ2) is 6.76. The van der Waals surface area contributed by atoms with Crippen LogP contribution in [0.2, 0.25) is 0 Å². The summed E-state index contributed by atoms with van der Waals surface area (Å²) in [6.45, 7) is 1.84. The summed E-state index contributed by atoms with van der Waals surface area (Å²) >= 11 is 0. The van der Waals surface area contributed by atoms with E-state index >= 15 is 0 Å². The van der Waals surface area contributed by atoms with Crippen molar-refractivity contribution in [3.8, 4) is 0 Å². The average molecular weight is 249 g/mol. The van der Waals surface area contributed by atoms with E-state index < -0.39 is 0 Å². The summed E-state index contributed by atoms with van der Waals surface area (Å²) in [7, 11) is 3.37. The van der Waals surface area contributed by atoms with Crippen LogP contribution < -0.4 is 10.6 Å². The monoisotopic (exact) mass is 249 g/mol. The minimum Gasteiger partial charge on any atom is -0.347 e. The van der Waals surface area contributed by atoms with Crippen LogP contribution in [0.25, 0.3) is 0 Å². The minimum atomic E-state index is -0.374. The number of rotatable bonds is 5. The van der Waals surface area contributed by atoms with E-state index in [0.29, 0.717) is 0 Å². The van der Waals surface area contributed by atoms with Crippen molar-refractivity contribution >= 4 is 17.5 Å². The molecule has 98 valence electrons. The van der Waals surface area contributed by atoms with Gasteiger partial charge in [-0.1, -0.05) is 18.2 Å². The summed E-state index contributed by atoms with van der Waals surface area (Å²) in [5, 5.41) is 5.62. The topological polar surface area (TPSA) is 61.4 Å². The summed E-state index contributed by atoms with van der Waals surface area (Å²) in [5.74, 6) is -0.220. The number of hydrogen-bond acceptors (Lipinski definition) is 3. The van der Waals surface area contributed by atoms with Crippen molar-refractivity contribution in [3.63, 3.8) is 0 Å². The first kappa shape index (κ1) is 14.2. The number of hydrogen-bond donors (Lipinski definition) is 2. The number of carbonyl (C=O) groups excluding carboxylic acids is 2. The Labute approximate surface area is 107 Å². The van der Waals surface area contributed by atoms with Crippen LogP contribution in [0, 0.1) is 0 Å². The maximum absolute atomic E-state index is 11.6. The van der Waals surface area contributed by atoms with E-state index in [1.165, 1.54) is 4.90 Å². The van der Waals surface area contributed by atoms with Crippen molar-refractivity contribution in [1.29, 1.82) is 0 Å². The molecule has 0 radical (unpaired) electrons. The molecular weight excluding hydrogens is 230 g/mol. The Morgan fingerprint density at radius 2 is 1.83 bits per heavy atom. The zero-order valence-corrected chi connectivity index (χ0v) is 10.9. The molecule has 0 aliphatic rings. The van der Waals surface area contributed by atoms with E-state index in [4.69, 9.17) is 0 Å². The van der Waals surface area contributed by atoms with Crippen LogP contribution in [-0.4, -0.2) is 43.4 Å². The largest absolute Gasteiger partial charge is 0.347 e. The molecule has 0 bridgehead atoms. The number of nitrogens with zero attached hydrogens (tertiary/aromatic N) is 1. The van der Waals surface area contributed by atoms with Crippen molar-refractivity contribution in [3.05, 3.63) is 30.3 Å². The highest BCUT2D eigenvalue weighted by Gasteiger charge is 2.15. The number of amides is 2. The van der Waals surface area contributed by atoms with Crippen LogP contribution >= 0.6 is 0 Å². The maximum atomic E-state index is 11.6. The van der Waals surface area contributed by atoms with Gasteiger partial charge in [0.25, 0.3) is 0 Å². The van der Waals surface area contributed by atoms with E-state index in [9.17, 15) is 9.59 Å². The Morgan fingerprint density at radius 3 is 2.39 bits per heavy atom. The number of anilines is 1. The van der Waals surface area contributed by atoms with Crippen LogP contribution in [0.5, 0.6) is 0 Å². The summed E-state index contributed by atoms with van der Waals surface area (Å²) < 4.78 is 0. The van der Waals surface area contributed by atoms with Gasteiger partial charge in [0.05, 0.1) is 12.6 Å². The van der Waals surface area contributed by atoms with Crippen LogP contribution in [0.4, 0.5) is 5.69 Å². The van der Waals surface area contributed by atoms with Crippen LogP contribution in [0.1, 0.15) is 6.92 Å². The smallest absolute Gasteiger partial charge is 0.238 e. The Bertz CT molecular complexity index is 404. The quantitative estimate of drug-likeness (QED) is 0.807. The van der Waals surface area contributed by atoms with E-state index in [0.717, 1.165) is 5.69 Å². The van der Waals surface area contributed by atoms with E-state index in [1.54, 1.807) is 21.0 Å². The van der Waals surface area contributed by atoms with Gasteiger partial charge in [-0.25, -0.2) is 0 Å². The molecule has 0 spiro atoms. The van der Waals surface area contributed by atoms with Gasteiger partial charge < -0.3 is 10.2 Å². The molecule has 0 fully saturated rings. The molecule has 1 atom stereocenters. The fourth-order valence-corrected chi connectivity index (χ4v) is 1.45. The predicted molar refractivity (Wildman–Crippen MR) is 71.2 cm³/mol. The average Bonchev–Trinajstić information content (AvgIpc) is 2.36. The lowest BCUT2D eigenvalue weighted by Crippen LogP contribution is -2.44. The fraction of sp³-hybridized carbons (Fsp3) is 0.385. The predicted octanol–water partition coefficient (Wildman–Crippen LogP) is 0.691. The molecule has 0 saturated carbocycles. The molecule has 1 unspecified atom stereocenters. The van der Waals surface area contributed by atoms with Crippen molar-refractivity contribution in [1.82, 2.24) is 10.2 Å². The normalized spacial score (nSPS) is 11.7. The first-order chi connectivity index (χ1) is 8.50. The van der Waals surface area contributed by atoms with Crippen LogP contribution in [0.15, 0.2) is 30.3 Å². The number of para-hydroxylation sites is 1. The van der Waals surface area contributed by atoms with Crippen molar-refractivity contribution < 1.29 is 9.59 Å². The molecule has 0 saturated heterocycles. The third-order valence-corrected chi connectivity index (χ3v) is 2.44. The molecule has 1 aromatic rings. The van der Waals surface area contributed by atoms with E-state index in [-0.39, 0.29) is 24.4 Å². The van der Waals surface area contributed by atoms with Gasteiger partial charge >= 0.3 is 0 Å². The lowest BCUT2D eigenvalue weighted by Gasteiger charge is -2.17. The van der Waals surface area contributed by atoms with E-state index in [2.05, 4.69) is 10.6 Å². The lowest BCUT2D eigenvalue weighted by molar-refractivity contribution is -0.130. The standard InChI is InChI=1S/C13H19N3O2/c1-10(13(18)16(2)3)14-9-12(17)15-11-7-5-4-6-8-11/h4-8,10,14H,9H2,1-3H3,(H,15,17). The first-order valence-corrected chi connectivity index (χ1v) is 5.80. The lowest BCUT2D eigenvalue weighted by atomic mass is 10.3. The molecule has 5 heteroatoms. The fourth-order valence-electron chi connectivity index (χ4n) is 1.45. The zero-order chi connectivity index (χ0) is 13.5. The molecule has 1 aromatic carbocycles. The number of nitrogens with one attached hydrogen (secondary N) is 2. The molecule has 2 N–H and O–H groups in total. The van der Waals surface area contributed by atoms with Crippen molar-refractivity contribution in [2.45, 2.75) is 13.0 Å². The van der Waals surface area contributed by atoms with Crippen molar-refractivity contribution in [2.24, 2.45) is 0 Å². The van der Waals surface area contributed by atoms with Crippen LogP contribution in [-0.2, 0) is 9.59 Å². The molecule has 0 aliphatic heterocycles. The third-order valence-electron chi connectivity index (χ3n) is 2.44. The Kier molecular flexibility index (Phi) is 5.32. The summed E-state index contributed by atoms with van der Waals surface area (Å²) in [4.78, 5) is 24.6. The highest BCUT2D eigenvalue weighted by atomic mass is 16.2. The van der Waals surface area contributed by atoms with E-state index in [1.807, 2.05) is 30.3 Å². The molecule has 5 nitrogen and oxygen atoms in total. The summed E-state index contributed by atoms with van der Waals surface area (Å²) in [6.07, 6.45) is 0. The van der Waals surface area contributed by atoms with Gasteiger partial charge in [-0.15, -0.1) is 0 Å². The SMILES string of the molecule is CC(NCC(=O)Nc1ccccc1)C(=O)N(C)C. The molecule has 0 aromatic heterocycles. The molecule has 1 rings (SSSR count). The number of likely N-dealkylation sites (N-methyl/N-ethyl adjacent to an activating group) is 1. The van der Waals surface area contributed by atoms with Gasteiger partial charge in [-0.05, 0) is 19.1 Å².